The number of hydrogen-bond acceptors (Lipinski definition) is 0. The molecule has 0 unspecified atom stereocenters. The van der Waals surface area contributed by atoms with Gasteiger partial charge in [0.25, 0.3) is 0 Å². The van der Waals surface area contributed by atoms with Crippen LogP contribution in [0.4, 0.5) is 0 Å². The molecule has 0 amide bonds. The summed E-state index contributed by atoms with van der Waals surface area (Å²) in [5, 5.41) is 9.53. The van der Waals surface area contributed by atoms with Gasteiger partial charge in [-0.3, -0.25) is 0 Å². The maximum Gasteiger partial charge on any atom is 0.0874 e. The minimum atomic E-state index is -0.417. The summed E-state index contributed by atoms with van der Waals surface area (Å²) in [5.74, 6) is 0. The molecule has 0 aromatic carbocycles. The molecule has 0 spiro atoms. The Morgan fingerprint density at radius 3 is 1.40 bits per heavy atom. The van der Waals surface area contributed by atoms with Crippen molar-refractivity contribution in [3.05, 3.63) is 0 Å². The fraction of sp³-hybridized carbons (Fsp3) is 1.00. The van der Waals surface area contributed by atoms with Crippen molar-refractivity contribution in [1.29, 1.82) is 0 Å². The van der Waals surface area contributed by atoms with Crippen LogP contribution in [0, 0.1) is 0 Å². The van der Waals surface area contributed by atoms with Crippen molar-refractivity contribution in [1.82, 2.24) is 0 Å². The third-order valence-corrected chi connectivity index (χ3v) is 0. The Bertz CT molecular complexity index is 11.6. The molecule has 0 aliphatic heterocycles. The molecule has 33 valence electrons. The fourth-order valence-electron chi connectivity index (χ4n) is 0. The Balaban J connectivity index is 0. The summed E-state index contributed by atoms with van der Waals surface area (Å²) >= 11 is 0. The van der Waals surface area contributed by atoms with Gasteiger partial charge in [0, 0.05) is 17.1 Å². The zero-order valence-corrected chi connectivity index (χ0v) is 4.44. The monoisotopic (exact) mass is 115 g/mol. The van der Waals surface area contributed by atoms with E-state index < -0.39 is 6.10 Å². The maximum absolute atomic E-state index is 9.53. The van der Waals surface area contributed by atoms with Crippen LogP contribution in [-0.2, 0) is 22.2 Å². The maximum atomic E-state index is 9.53. The van der Waals surface area contributed by atoms with Crippen molar-refractivity contribution in [3.63, 3.8) is 0 Å². The molecule has 0 rings (SSSR count). The fourth-order valence-corrected chi connectivity index (χ4v) is 0. The molecular weight excluding hydrogens is 108 g/mol. The molecule has 0 aliphatic rings. The van der Waals surface area contributed by atoms with E-state index in [1.165, 1.54) is 0 Å². The molecule has 0 N–H and O–H groups in total. The topological polar surface area (TPSA) is 19.9 Å². The average molecular weight is 115 g/mol. The van der Waals surface area contributed by atoms with Gasteiger partial charge in [-0.1, -0.05) is 0 Å². The van der Waals surface area contributed by atoms with Gasteiger partial charge in [0.15, 0.2) is 0 Å². The minimum absolute atomic E-state index is 0. The van der Waals surface area contributed by atoms with Gasteiger partial charge in [-0.15, -0.1) is 0 Å². The quantitative estimate of drug-likeness (QED) is 0.416. The minimum Gasteiger partial charge on any atom is -0.234 e. The second-order valence-corrected chi connectivity index (χ2v) is 1.05. The van der Waals surface area contributed by atoms with Gasteiger partial charge >= 0.3 is 0 Å². The van der Waals surface area contributed by atoms with Crippen LogP contribution in [0.3, 0.4) is 0 Å². The van der Waals surface area contributed by atoms with Crippen molar-refractivity contribution >= 4 is 0 Å². The summed E-state index contributed by atoms with van der Waals surface area (Å²) in [5.41, 5.74) is 0. The first-order chi connectivity index (χ1) is 1.73. The Hall–Kier alpha value is 0.479. The van der Waals surface area contributed by atoms with E-state index in [-0.39, 0.29) is 17.1 Å². The molecule has 5 heavy (non-hydrogen) atoms. The summed E-state index contributed by atoms with van der Waals surface area (Å²) in [4.78, 5) is 0. The molecule has 1 nitrogen and oxygen atoms in total. The zero-order valence-electron chi connectivity index (χ0n) is 3.34. The van der Waals surface area contributed by atoms with Crippen LogP contribution in [0.25, 0.3) is 0 Å². The van der Waals surface area contributed by atoms with E-state index in [1.807, 2.05) is 0 Å². The molecule has 0 aromatic rings. The van der Waals surface area contributed by atoms with E-state index in [1.54, 1.807) is 13.8 Å². The van der Waals surface area contributed by atoms with Gasteiger partial charge in [-0.2, -0.15) is 0 Å². The molecule has 0 atom stereocenters. The van der Waals surface area contributed by atoms with Crippen molar-refractivity contribution in [2.45, 2.75) is 20.0 Å². The van der Waals surface area contributed by atoms with Gasteiger partial charge in [0.2, 0.25) is 0 Å². The Kier molecular flexibility index (Phi) is 8.14. The van der Waals surface area contributed by atoms with Gasteiger partial charge in [0.05, 0.1) is 6.10 Å². The SMILES string of the molecule is CC(C)[O].[Fe]. The first-order valence-corrected chi connectivity index (χ1v) is 1.39. The Labute approximate surface area is 42.9 Å². The molecular formula is C3H7FeO. The van der Waals surface area contributed by atoms with E-state index in [9.17, 15) is 5.11 Å². The van der Waals surface area contributed by atoms with Crippen LogP contribution >= 0.6 is 0 Å². The van der Waals surface area contributed by atoms with Crippen molar-refractivity contribution in [2.75, 3.05) is 0 Å². The summed E-state index contributed by atoms with van der Waals surface area (Å²) < 4.78 is 0. The molecule has 1 radical (unpaired) electrons. The van der Waals surface area contributed by atoms with Crippen LogP contribution < -0.4 is 0 Å². The molecule has 0 saturated heterocycles. The van der Waals surface area contributed by atoms with Crippen LogP contribution in [0.15, 0.2) is 0 Å². The molecule has 2 heteroatoms. The van der Waals surface area contributed by atoms with E-state index in [0.717, 1.165) is 0 Å². The van der Waals surface area contributed by atoms with Crippen molar-refractivity contribution < 1.29 is 22.2 Å². The van der Waals surface area contributed by atoms with Gasteiger partial charge in [-0.05, 0) is 13.8 Å². The summed E-state index contributed by atoms with van der Waals surface area (Å²) in [7, 11) is 0. The first-order valence-electron chi connectivity index (χ1n) is 1.39. The summed E-state index contributed by atoms with van der Waals surface area (Å²) in [6, 6.07) is 0. The largest absolute Gasteiger partial charge is 0.234 e. The molecule has 0 aromatic heterocycles. The molecule has 0 aliphatic carbocycles. The van der Waals surface area contributed by atoms with E-state index in [0.29, 0.717) is 0 Å². The van der Waals surface area contributed by atoms with E-state index in [2.05, 4.69) is 0 Å². The normalized spacial score (nSPS) is 7.20. The molecule has 0 bridgehead atoms. The molecule has 0 heterocycles. The number of hydrogen-bond donors (Lipinski definition) is 0. The first kappa shape index (κ1) is 9.08. The predicted octanol–water partition coefficient (Wildman–Crippen LogP) is 0.823. The Morgan fingerprint density at radius 1 is 1.40 bits per heavy atom. The van der Waals surface area contributed by atoms with E-state index >= 15 is 0 Å². The van der Waals surface area contributed by atoms with Gasteiger partial charge in [-0.25, -0.2) is 5.11 Å². The van der Waals surface area contributed by atoms with Crippen molar-refractivity contribution in [2.24, 2.45) is 0 Å². The van der Waals surface area contributed by atoms with Crippen molar-refractivity contribution in [3.8, 4) is 0 Å². The van der Waals surface area contributed by atoms with Crippen LogP contribution in [-0.4, -0.2) is 6.10 Å². The second-order valence-electron chi connectivity index (χ2n) is 1.05. The summed E-state index contributed by atoms with van der Waals surface area (Å²) in [6.07, 6.45) is -0.417. The second kappa shape index (κ2) is 4.48. The third-order valence-electron chi connectivity index (χ3n) is 0. The predicted molar refractivity (Wildman–Crippen MR) is 15.8 cm³/mol. The van der Waals surface area contributed by atoms with E-state index in [4.69, 9.17) is 0 Å². The summed E-state index contributed by atoms with van der Waals surface area (Å²) in [6.45, 7) is 3.22. The van der Waals surface area contributed by atoms with Crippen LogP contribution in [0.2, 0.25) is 0 Å². The van der Waals surface area contributed by atoms with Crippen LogP contribution in [0.1, 0.15) is 13.8 Å². The van der Waals surface area contributed by atoms with Gasteiger partial charge < -0.3 is 0 Å². The standard InChI is InChI=1S/C3H7O.Fe/c1-3(2)4;/h3H,1-2H3;. The molecule has 0 saturated carbocycles. The van der Waals surface area contributed by atoms with Gasteiger partial charge in [0.1, 0.15) is 0 Å². The van der Waals surface area contributed by atoms with Crippen LogP contribution in [0.5, 0.6) is 0 Å². The average Bonchev–Trinajstić information content (AvgIpc) is 0.811. The number of rotatable bonds is 0. The third kappa shape index (κ3) is 120. The molecule has 0 fully saturated rings. The smallest absolute Gasteiger partial charge is 0.0874 e. The zero-order chi connectivity index (χ0) is 3.58. The Morgan fingerprint density at radius 2 is 1.40 bits per heavy atom.